The highest BCUT2D eigenvalue weighted by Gasteiger charge is 2.59. The predicted molar refractivity (Wildman–Crippen MR) is 122 cm³/mol. The lowest BCUT2D eigenvalue weighted by atomic mass is 9.97. The second kappa shape index (κ2) is 7.33. The van der Waals surface area contributed by atoms with Gasteiger partial charge in [0, 0.05) is 40.3 Å². The summed E-state index contributed by atoms with van der Waals surface area (Å²) in [6.07, 6.45) is 5.56. The van der Waals surface area contributed by atoms with E-state index in [1.54, 1.807) is 18.3 Å². The molecule has 1 amide bonds. The number of carbonyl (C=O) groups excluding carboxylic acids is 1. The maximum Gasteiger partial charge on any atom is 0.227 e. The SMILES string of the molecule is CC(C(=O)Nc1ccc2[nH]ccc2c1)[C@H]1[C@@H]2C[C@H](Oc3ccnc4ccc(F)cc34)C[C@@H]21. The lowest BCUT2D eigenvalue weighted by Gasteiger charge is -2.20. The Labute approximate surface area is 185 Å². The number of aromatic nitrogens is 2. The Morgan fingerprint density at radius 2 is 2.00 bits per heavy atom. The average Bonchev–Trinajstić information content (AvgIpc) is 3.12. The molecule has 162 valence electrons. The Bertz CT molecular complexity index is 1320. The molecule has 0 spiro atoms. The number of pyridine rings is 1. The maximum absolute atomic E-state index is 13.7. The second-order valence-electron chi connectivity index (χ2n) is 9.14. The topological polar surface area (TPSA) is 67.0 Å². The number of carbonyl (C=O) groups is 1. The van der Waals surface area contributed by atoms with E-state index < -0.39 is 0 Å². The number of nitrogens with zero attached hydrogens (tertiary/aromatic N) is 1. The van der Waals surface area contributed by atoms with Crippen LogP contribution in [-0.2, 0) is 4.79 Å². The average molecular weight is 429 g/mol. The molecule has 2 aromatic heterocycles. The molecule has 2 heterocycles. The summed E-state index contributed by atoms with van der Waals surface area (Å²) in [5.41, 5.74) is 2.62. The first-order valence-corrected chi connectivity index (χ1v) is 11.2. The van der Waals surface area contributed by atoms with Gasteiger partial charge >= 0.3 is 0 Å². The van der Waals surface area contributed by atoms with Crippen LogP contribution in [-0.4, -0.2) is 22.0 Å². The maximum atomic E-state index is 13.7. The van der Waals surface area contributed by atoms with Crippen molar-refractivity contribution in [2.75, 3.05) is 5.32 Å². The molecule has 2 aromatic carbocycles. The molecule has 2 aliphatic rings. The van der Waals surface area contributed by atoms with E-state index in [9.17, 15) is 9.18 Å². The summed E-state index contributed by atoms with van der Waals surface area (Å²) < 4.78 is 20.0. The van der Waals surface area contributed by atoms with Crippen molar-refractivity contribution in [2.24, 2.45) is 23.7 Å². The van der Waals surface area contributed by atoms with Crippen LogP contribution >= 0.6 is 0 Å². The number of ether oxygens (including phenoxy) is 1. The smallest absolute Gasteiger partial charge is 0.227 e. The molecule has 0 saturated heterocycles. The van der Waals surface area contributed by atoms with E-state index in [0.29, 0.717) is 28.9 Å². The molecule has 0 aliphatic heterocycles. The zero-order chi connectivity index (χ0) is 21.8. The van der Waals surface area contributed by atoms with Crippen molar-refractivity contribution in [1.29, 1.82) is 0 Å². The first-order valence-electron chi connectivity index (χ1n) is 11.2. The van der Waals surface area contributed by atoms with Crippen molar-refractivity contribution < 1.29 is 13.9 Å². The molecular formula is C26H24FN3O2. The van der Waals surface area contributed by atoms with E-state index in [2.05, 4.69) is 15.3 Å². The Hall–Kier alpha value is -3.41. The van der Waals surface area contributed by atoms with Gasteiger partial charge in [-0.2, -0.15) is 0 Å². The summed E-state index contributed by atoms with van der Waals surface area (Å²) in [6.45, 7) is 2.03. The van der Waals surface area contributed by atoms with Crippen LogP contribution in [0.1, 0.15) is 19.8 Å². The van der Waals surface area contributed by atoms with Gasteiger partial charge in [-0.3, -0.25) is 9.78 Å². The molecule has 32 heavy (non-hydrogen) atoms. The Morgan fingerprint density at radius 3 is 2.84 bits per heavy atom. The fourth-order valence-electron chi connectivity index (χ4n) is 5.62. The van der Waals surface area contributed by atoms with Gasteiger partial charge in [0.25, 0.3) is 0 Å². The summed E-state index contributed by atoms with van der Waals surface area (Å²) in [5, 5.41) is 4.87. The highest BCUT2D eigenvalue weighted by molar-refractivity contribution is 5.95. The molecule has 2 N–H and O–H groups in total. The molecule has 2 aliphatic carbocycles. The monoisotopic (exact) mass is 429 g/mol. The van der Waals surface area contributed by atoms with Gasteiger partial charge < -0.3 is 15.0 Å². The lowest BCUT2D eigenvalue weighted by Crippen LogP contribution is -2.25. The zero-order valence-corrected chi connectivity index (χ0v) is 17.7. The van der Waals surface area contributed by atoms with Crippen molar-refractivity contribution in [2.45, 2.75) is 25.9 Å². The standard InChI is InChI=1S/C26H24FN3O2/c1-14(26(31)30-17-3-5-22-15(10-17)6-8-28-22)25-19-12-18(13-20(19)25)32-24-7-9-29-23-4-2-16(27)11-21(23)24/h2-11,14,18-20,25,28H,12-13H2,1H3,(H,30,31)/t14?,18-,19+,20-,25-. The predicted octanol–water partition coefficient (Wildman–Crippen LogP) is 5.53. The van der Waals surface area contributed by atoms with Crippen LogP contribution < -0.4 is 10.1 Å². The highest BCUT2D eigenvalue weighted by atomic mass is 19.1. The van der Waals surface area contributed by atoms with E-state index in [1.165, 1.54) is 12.1 Å². The third kappa shape index (κ3) is 3.30. The summed E-state index contributed by atoms with van der Waals surface area (Å²) in [6, 6.07) is 14.3. The van der Waals surface area contributed by atoms with E-state index in [0.717, 1.165) is 34.9 Å². The number of nitrogens with one attached hydrogen (secondary N) is 2. The van der Waals surface area contributed by atoms with E-state index in [-0.39, 0.29) is 23.7 Å². The molecule has 1 unspecified atom stereocenters. The summed E-state index contributed by atoms with van der Waals surface area (Å²) >= 11 is 0. The summed E-state index contributed by atoms with van der Waals surface area (Å²) in [5.74, 6) is 1.85. The minimum Gasteiger partial charge on any atom is -0.490 e. The molecule has 2 saturated carbocycles. The number of hydrogen-bond donors (Lipinski definition) is 2. The third-order valence-corrected chi connectivity index (χ3v) is 7.24. The Morgan fingerprint density at radius 1 is 1.16 bits per heavy atom. The van der Waals surface area contributed by atoms with Crippen LogP contribution in [0.4, 0.5) is 10.1 Å². The number of rotatable bonds is 5. The number of hydrogen-bond acceptors (Lipinski definition) is 3. The van der Waals surface area contributed by atoms with Gasteiger partial charge in [-0.1, -0.05) is 6.92 Å². The van der Waals surface area contributed by atoms with Crippen LogP contribution in [0.2, 0.25) is 0 Å². The minimum atomic E-state index is -0.292. The fourth-order valence-corrected chi connectivity index (χ4v) is 5.62. The largest absolute Gasteiger partial charge is 0.490 e. The van der Waals surface area contributed by atoms with Crippen molar-refractivity contribution in [3.8, 4) is 5.75 Å². The molecule has 6 heteroatoms. The molecule has 0 bridgehead atoms. The van der Waals surface area contributed by atoms with Crippen molar-refractivity contribution in [3.05, 3.63) is 66.7 Å². The number of halogens is 1. The van der Waals surface area contributed by atoms with Crippen LogP contribution in [0.15, 0.2) is 60.9 Å². The lowest BCUT2D eigenvalue weighted by molar-refractivity contribution is -0.120. The third-order valence-electron chi connectivity index (χ3n) is 7.24. The van der Waals surface area contributed by atoms with Gasteiger partial charge in [-0.05, 0) is 79.1 Å². The number of benzene rings is 2. The van der Waals surface area contributed by atoms with E-state index in [1.807, 2.05) is 37.4 Å². The molecular weight excluding hydrogens is 405 g/mol. The van der Waals surface area contributed by atoms with E-state index >= 15 is 0 Å². The fraction of sp³-hybridized carbons (Fsp3) is 0.308. The van der Waals surface area contributed by atoms with Gasteiger partial charge in [-0.15, -0.1) is 0 Å². The number of H-pyrrole nitrogens is 1. The normalized spacial score (nSPS) is 24.9. The van der Waals surface area contributed by atoms with Gasteiger partial charge in [0.2, 0.25) is 5.91 Å². The molecule has 2 fully saturated rings. The second-order valence-corrected chi connectivity index (χ2v) is 9.14. The number of aromatic amines is 1. The first-order chi connectivity index (χ1) is 15.6. The van der Waals surface area contributed by atoms with Crippen LogP contribution in [0.25, 0.3) is 21.8 Å². The molecule has 5 nitrogen and oxygen atoms in total. The van der Waals surface area contributed by atoms with Gasteiger partial charge in [0.1, 0.15) is 11.6 Å². The highest BCUT2D eigenvalue weighted by Crippen LogP contribution is 2.61. The Kier molecular flexibility index (Phi) is 4.42. The number of anilines is 1. The number of fused-ring (bicyclic) bond motifs is 3. The molecule has 4 aromatic rings. The van der Waals surface area contributed by atoms with Gasteiger partial charge in [0.15, 0.2) is 0 Å². The molecule has 5 atom stereocenters. The molecule has 6 rings (SSSR count). The Balaban J connectivity index is 1.08. The number of amides is 1. The molecule has 0 radical (unpaired) electrons. The van der Waals surface area contributed by atoms with Crippen molar-refractivity contribution in [3.63, 3.8) is 0 Å². The van der Waals surface area contributed by atoms with E-state index in [4.69, 9.17) is 4.74 Å². The van der Waals surface area contributed by atoms with Gasteiger partial charge in [0.05, 0.1) is 11.6 Å². The van der Waals surface area contributed by atoms with Crippen LogP contribution in [0.5, 0.6) is 5.75 Å². The van der Waals surface area contributed by atoms with Gasteiger partial charge in [-0.25, -0.2) is 4.39 Å². The van der Waals surface area contributed by atoms with Crippen molar-refractivity contribution in [1.82, 2.24) is 9.97 Å². The zero-order valence-electron chi connectivity index (χ0n) is 17.7. The van der Waals surface area contributed by atoms with Crippen LogP contribution in [0.3, 0.4) is 0 Å². The summed E-state index contributed by atoms with van der Waals surface area (Å²) in [4.78, 5) is 20.3. The minimum absolute atomic E-state index is 0.0382. The quantitative estimate of drug-likeness (QED) is 0.438. The summed E-state index contributed by atoms with van der Waals surface area (Å²) in [7, 11) is 0. The van der Waals surface area contributed by atoms with Crippen molar-refractivity contribution >= 4 is 33.4 Å². The first kappa shape index (κ1) is 19.3. The van der Waals surface area contributed by atoms with Crippen LogP contribution in [0, 0.1) is 29.5 Å².